The Labute approximate surface area is 114 Å². The van der Waals surface area contributed by atoms with Crippen LogP contribution in [0.2, 0.25) is 0 Å². The van der Waals surface area contributed by atoms with Crippen molar-refractivity contribution in [1.29, 1.82) is 0 Å². The Morgan fingerprint density at radius 3 is 2.50 bits per heavy atom. The van der Waals surface area contributed by atoms with Crippen LogP contribution in [0.15, 0.2) is 24.3 Å². The molecule has 1 saturated carbocycles. The molecule has 0 spiro atoms. The summed E-state index contributed by atoms with van der Waals surface area (Å²) in [7, 11) is 0. The SMILES string of the molecule is O=C(OCCCCS)c1ccc(C2CCC2)cc1. The van der Waals surface area contributed by atoms with Crippen LogP contribution in [0.5, 0.6) is 0 Å². The standard InChI is InChI=1S/C15H20O2S/c16-15(17-10-1-2-11-18)14-8-6-13(7-9-14)12-4-3-5-12/h6-9,12,18H,1-5,10-11H2. The molecular formula is C15H20O2S. The third kappa shape index (κ3) is 3.52. The van der Waals surface area contributed by atoms with Gasteiger partial charge in [-0.3, -0.25) is 0 Å². The van der Waals surface area contributed by atoms with Crippen molar-refractivity contribution >= 4 is 18.6 Å². The molecule has 0 heterocycles. The Morgan fingerprint density at radius 1 is 1.22 bits per heavy atom. The average Bonchev–Trinajstić information content (AvgIpc) is 2.33. The van der Waals surface area contributed by atoms with Gasteiger partial charge in [0, 0.05) is 0 Å². The summed E-state index contributed by atoms with van der Waals surface area (Å²) < 4.78 is 5.20. The van der Waals surface area contributed by atoms with Crippen LogP contribution < -0.4 is 0 Å². The van der Waals surface area contributed by atoms with Crippen molar-refractivity contribution in [3.05, 3.63) is 35.4 Å². The fraction of sp³-hybridized carbons (Fsp3) is 0.533. The fourth-order valence-electron chi connectivity index (χ4n) is 2.10. The van der Waals surface area contributed by atoms with E-state index in [1.54, 1.807) is 0 Å². The molecule has 2 rings (SSSR count). The quantitative estimate of drug-likeness (QED) is 0.480. The molecule has 3 heteroatoms. The highest BCUT2D eigenvalue weighted by atomic mass is 32.1. The van der Waals surface area contributed by atoms with E-state index in [-0.39, 0.29) is 5.97 Å². The monoisotopic (exact) mass is 264 g/mol. The Bertz CT molecular complexity index is 382. The van der Waals surface area contributed by atoms with Gasteiger partial charge in [0.05, 0.1) is 12.2 Å². The number of carbonyl (C=O) groups excluding carboxylic acids is 1. The topological polar surface area (TPSA) is 26.3 Å². The molecule has 98 valence electrons. The van der Waals surface area contributed by atoms with E-state index in [4.69, 9.17) is 4.74 Å². The van der Waals surface area contributed by atoms with Crippen molar-refractivity contribution in [1.82, 2.24) is 0 Å². The first-order chi connectivity index (χ1) is 8.81. The number of ether oxygens (including phenoxy) is 1. The van der Waals surface area contributed by atoms with Crippen molar-refractivity contribution in [2.45, 2.75) is 38.0 Å². The minimum Gasteiger partial charge on any atom is -0.462 e. The van der Waals surface area contributed by atoms with Crippen LogP contribution in [0.1, 0.15) is 53.9 Å². The molecule has 0 atom stereocenters. The Hall–Kier alpha value is -0.960. The summed E-state index contributed by atoms with van der Waals surface area (Å²) in [5.74, 6) is 1.34. The molecule has 0 aliphatic heterocycles. The van der Waals surface area contributed by atoms with Gasteiger partial charge in [0.25, 0.3) is 0 Å². The normalized spacial score (nSPS) is 15.2. The summed E-state index contributed by atoms with van der Waals surface area (Å²) >= 11 is 4.12. The van der Waals surface area contributed by atoms with Crippen LogP contribution in [-0.4, -0.2) is 18.3 Å². The van der Waals surface area contributed by atoms with Gasteiger partial charge in [0.15, 0.2) is 0 Å². The molecule has 0 amide bonds. The highest BCUT2D eigenvalue weighted by Gasteiger charge is 2.19. The van der Waals surface area contributed by atoms with E-state index in [0.717, 1.165) is 18.6 Å². The summed E-state index contributed by atoms with van der Waals surface area (Å²) in [4.78, 5) is 11.7. The highest BCUT2D eigenvalue weighted by Crippen LogP contribution is 2.36. The largest absolute Gasteiger partial charge is 0.462 e. The van der Waals surface area contributed by atoms with Gasteiger partial charge in [-0.1, -0.05) is 18.6 Å². The summed E-state index contributed by atoms with van der Waals surface area (Å²) in [6, 6.07) is 7.89. The smallest absolute Gasteiger partial charge is 0.338 e. The van der Waals surface area contributed by atoms with Gasteiger partial charge >= 0.3 is 5.97 Å². The minimum absolute atomic E-state index is 0.214. The maximum atomic E-state index is 11.7. The van der Waals surface area contributed by atoms with Gasteiger partial charge in [-0.2, -0.15) is 12.6 Å². The van der Waals surface area contributed by atoms with Gasteiger partial charge in [0.1, 0.15) is 0 Å². The molecule has 0 unspecified atom stereocenters. The fourth-order valence-corrected chi connectivity index (χ4v) is 2.32. The van der Waals surface area contributed by atoms with E-state index in [9.17, 15) is 4.79 Å². The molecule has 0 aromatic heterocycles. The summed E-state index contributed by atoms with van der Waals surface area (Å²) in [6.45, 7) is 0.490. The molecule has 0 N–H and O–H groups in total. The molecule has 1 aliphatic rings. The third-order valence-corrected chi connectivity index (χ3v) is 3.82. The second-order valence-electron chi connectivity index (χ2n) is 4.82. The molecule has 0 saturated heterocycles. The summed E-state index contributed by atoms with van der Waals surface area (Å²) in [5, 5.41) is 0. The van der Waals surface area contributed by atoms with Crippen molar-refractivity contribution < 1.29 is 9.53 Å². The van der Waals surface area contributed by atoms with Crippen molar-refractivity contribution in [3.8, 4) is 0 Å². The Morgan fingerprint density at radius 2 is 1.94 bits per heavy atom. The second-order valence-corrected chi connectivity index (χ2v) is 5.26. The van der Waals surface area contributed by atoms with Gasteiger partial charge < -0.3 is 4.74 Å². The number of rotatable bonds is 6. The van der Waals surface area contributed by atoms with Gasteiger partial charge in [-0.05, 0) is 55.1 Å². The maximum Gasteiger partial charge on any atom is 0.338 e. The number of benzene rings is 1. The lowest BCUT2D eigenvalue weighted by Crippen LogP contribution is -2.10. The molecular weight excluding hydrogens is 244 g/mol. The van der Waals surface area contributed by atoms with E-state index in [0.29, 0.717) is 18.1 Å². The number of carbonyl (C=O) groups is 1. The molecule has 1 aromatic carbocycles. The van der Waals surface area contributed by atoms with Crippen LogP contribution in [0.25, 0.3) is 0 Å². The zero-order chi connectivity index (χ0) is 12.8. The van der Waals surface area contributed by atoms with Gasteiger partial charge in [-0.15, -0.1) is 0 Å². The molecule has 18 heavy (non-hydrogen) atoms. The zero-order valence-electron chi connectivity index (χ0n) is 10.6. The Balaban J connectivity index is 1.82. The van der Waals surface area contributed by atoms with Gasteiger partial charge in [0.2, 0.25) is 0 Å². The van der Waals surface area contributed by atoms with E-state index in [1.165, 1.54) is 24.8 Å². The van der Waals surface area contributed by atoms with Crippen LogP contribution in [-0.2, 0) is 4.74 Å². The number of hydrogen-bond acceptors (Lipinski definition) is 3. The lowest BCUT2D eigenvalue weighted by molar-refractivity contribution is 0.0500. The molecule has 1 aromatic rings. The van der Waals surface area contributed by atoms with E-state index in [1.807, 2.05) is 12.1 Å². The number of hydrogen-bond donors (Lipinski definition) is 1. The van der Waals surface area contributed by atoms with Crippen LogP contribution >= 0.6 is 12.6 Å². The first-order valence-electron chi connectivity index (χ1n) is 6.69. The van der Waals surface area contributed by atoms with E-state index in [2.05, 4.69) is 24.8 Å². The van der Waals surface area contributed by atoms with E-state index < -0.39 is 0 Å². The van der Waals surface area contributed by atoms with Crippen molar-refractivity contribution in [3.63, 3.8) is 0 Å². The van der Waals surface area contributed by atoms with Gasteiger partial charge in [-0.25, -0.2) is 4.79 Å². The molecule has 2 nitrogen and oxygen atoms in total. The number of thiol groups is 1. The first-order valence-corrected chi connectivity index (χ1v) is 7.32. The predicted molar refractivity (Wildman–Crippen MR) is 76.4 cm³/mol. The molecule has 1 aliphatic carbocycles. The average molecular weight is 264 g/mol. The highest BCUT2D eigenvalue weighted by molar-refractivity contribution is 7.80. The van der Waals surface area contributed by atoms with Crippen LogP contribution in [0, 0.1) is 0 Å². The number of esters is 1. The molecule has 1 fully saturated rings. The molecule has 0 radical (unpaired) electrons. The van der Waals surface area contributed by atoms with Crippen molar-refractivity contribution in [2.24, 2.45) is 0 Å². The van der Waals surface area contributed by atoms with Crippen LogP contribution in [0.3, 0.4) is 0 Å². The summed E-state index contributed by atoms with van der Waals surface area (Å²) in [6.07, 6.45) is 5.77. The lowest BCUT2D eigenvalue weighted by Gasteiger charge is -2.25. The Kier molecular flexibility index (Phi) is 5.12. The first kappa shape index (κ1) is 13.5. The third-order valence-electron chi connectivity index (χ3n) is 3.51. The van der Waals surface area contributed by atoms with E-state index >= 15 is 0 Å². The molecule has 0 bridgehead atoms. The minimum atomic E-state index is -0.214. The zero-order valence-corrected chi connectivity index (χ0v) is 11.5. The maximum absolute atomic E-state index is 11.7. The predicted octanol–water partition coefficient (Wildman–Crippen LogP) is 3.82. The summed E-state index contributed by atoms with van der Waals surface area (Å²) in [5.41, 5.74) is 2.01. The number of unbranched alkanes of at least 4 members (excludes halogenated alkanes) is 1. The second kappa shape index (κ2) is 6.83. The van der Waals surface area contributed by atoms with Crippen molar-refractivity contribution in [2.75, 3.05) is 12.4 Å². The lowest BCUT2D eigenvalue weighted by atomic mass is 9.80. The van der Waals surface area contributed by atoms with Crippen LogP contribution in [0.4, 0.5) is 0 Å².